The first kappa shape index (κ1) is 13.5. The average Bonchev–Trinajstić information content (AvgIpc) is 2.85. The standard InChI is InChI=1S/C16H14N2O3/c19-13(11-7-3-1-4-8-11)14-16(21,15(20)18-17-14)12-9-5-2-6-10-12/h1-10,13,19,21H,(H,18,20)/t13-,16-/m1/s1. The van der Waals surface area contributed by atoms with E-state index in [1.165, 1.54) is 0 Å². The fourth-order valence-corrected chi connectivity index (χ4v) is 2.40. The molecule has 5 nitrogen and oxygen atoms in total. The monoisotopic (exact) mass is 282 g/mol. The maximum Gasteiger partial charge on any atom is 0.282 e. The molecule has 1 aliphatic heterocycles. The molecular formula is C16H14N2O3. The van der Waals surface area contributed by atoms with Crippen LogP contribution in [-0.4, -0.2) is 21.8 Å². The second-order valence-corrected chi connectivity index (χ2v) is 4.83. The summed E-state index contributed by atoms with van der Waals surface area (Å²) >= 11 is 0. The van der Waals surface area contributed by atoms with Gasteiger partial charge in [-0.05, 0) is 11.1 Å². The van der Waals surface area contributed by atoms with E-state index in [-0.39, 0.29) is 5.71 Å². The van der Waals surface area contributed by atoms with Crippen molar-refractivity contribution in [3.8, 4) is 0 Å². The Hall–Kier alpha value is -2.50. The van der Waals surface area contributed by atoms with Crippen LogP contribution in [0.25, 0.3) is 0 Å². The number of rotatable bonds is 3. The molecule has 5 heteroatoms. The number of hydrogen-bond acceptors (Lipinski definition) is 4. The van der Waals surface area contributed by atoms with Gasteiger partial charge in [0.25, 0.3) is 5.91 Å². The van der Waals surface area contributed by atoms with Crippen LogP contribution in [0.2, 0.25) is 0 Å². The summed E-state index contributed by atoms with van der Waals surface area (Å²) in [5, 5.41) is 25.1. The molecule has 0 spiro atoms. The van der Waals surface area contributed by atoms with Crippen LogP contribution < -0.4 is 5.43 Å². The Bertz CT molecular complexity index is 685. The zero-order valence-electron chi connectivity index (χ0n) is 11.1. The lowest BCUT2D eigenvalue weighted by Gasteiger charge is -2.25. The predicted octanol–water partition coefficient (Wildman–Crippen LogP) is 1.09. The third kappa shape index (κ3) is 2.12. The number of benzene rings is 2. The van der Waals surface area contributed by atoms with E-state index in [9.17, 15) is 15.0 Å². The molecule has 0 aliphatic carbocycles. The molecule has 0 fully saturated rings. The number of nitrogens with one attached hydrogen (secondary N) is 1. The Kier molecular flexibility index (Phi) is 3.29. The third-order valence-corrected chi connectivity index (χ3v) is 3.54. The van der Waals surface area contributed by atoms with Crippen LogP contribution in [0.5, 0.6) is 0 Å². The van der Waals surface area contributed by atoms with Crippen LogP contribution in [0.3, 0.4) is 0 Å². The van der Waals surface area contributed by atoms with Crippen LogP contribution in [0.15, 0.2) is 65.8 Å². The molecule has 0 saturated heterocycles. The van der Waals surface area contributed by atoms with Crippen LogP contribution in [0.4, 0.5) is 0 Å². The first-order valence-corrected chi connectivity index (χ1v) is 6.53. The maximum absolute atomic E-state index is 12.1. The topological polar surface area (TPSA) is 81.9 Å². The van der Waals surface area contributed by atoms with E-state index in [1.807, 2.05) is 6.07 Å². The van der Waals surface area contributed by atoms with Gasteiger partial charge in [-0.2, -0.15) is 5.10 Å². The smallest absolute Gasteiger partial charge is 0.282 e. The van der Waals surface area contributed by atoms with Crippen LogP contribution in [0, 0.1) is 0 Å². The van der Waals surface area contributed by atoms with Gasteiger partial charge >= 0.3 is 0 Å². The quantitative estimate of drug-likeness (QED) is 0.788. The van der Waals surface area contributed by atoms with Gasteiger partial charge in [-0.3, -0.25) is 4.79 Å². The van der Waals surface area contributed by atoms with Gasteiger partial charge in [-0.1, -0.05) is 60.7 Å². The van der Waals surface area contributed by atoms with Gasteiger partial charge in [-0.25, -0.2) is 5.43 Å². The van der Waals surface area contributed by atoms with Gasteiger partial charge in [0.2, 0.25) is 5.60 Å². The van der Waals surface area contributed by atoms with Gasteiger partial charge in [0.1, 0.15) is 11.8 Å². The van der Waals surface area contributed by atoms with Crippen molar-refractivity contribution in [2.75, 3.05) is 0 Å². The predicted molar refractivity (Wildman–Crippen MR) is 77.3 cm³/mol. The van der Waals surface area contributed by atoms with Crippen molar-refractivity contribution >= 4 is 11.6 Å². The number of aliphatic hydroxyl groups is 2. The van der Waals surface area contributed by atoms with Crippen molar-refractivity contribution in [3.05, 3.63) is 71.8 Å². The molecule has 0 unspecified atom stereocenters. The van der Waals surface area contributed by atoms with Crippen LogP contribution in [-0.2, 0) is 10.4 Å². The highest BCUT2D eigenvalue weighted by Gasteiger charge is 2.50. The van der Waals surface area contributed by atoms with Crippen molar-refractivity contribution < 1.29 is 15.0 Å². The minimum Gasteiger partial charge on any atom is -0.382 e. The molecule has 3 rings (SSSR count). The van der Waals surface area contributed by atoms with Gasteiger partial charge in [0, 0.05) is 0 Å². The van der Waals surface area contributed by atoms with Crippen molar-refractivity contribution in [1.82, 2.24) is 5.43 Å². The highest BCUT2D eigenvalue weighted by molar-refractivity contribution is 6.17. The van der Waals surface area contributed by atoms with Crippen molar-refractivity contribution in [2.45, 2.75) is 11.7 Å². The average molecular weight is 282 g/mol. The molecule has 3 N–H and O–H groups in total. The molecule has 0 aromatic heterocycles. The normalized spacial score (nSPS) is 22.6. The molecule has 21 heavy (non-hydrogen) atoms. The first-order valence-electron chi connectivity index (χ1n) is 6.53. The zero-order chi connectivity index (χ0) is 14.9. The molecule has 0 bridgehead atoms. The molecule has 1 aliphatic rings. The number of amides is 1. The molecule has 2 aromatic rings. The third-order valence-electron chi connectivity index (χ3n) is 3.54. The van der Waals surface area contributed by atoms with E-state index in [1.54, 1.807) is 54.6 Å². The molecule has 1 amide bonds. The molecular weight excluding hydrogens is 268 g/mol. The summed E-state index contributed by atoms with van der Waals surface area (Å²) < 4.78 is 0. The Morgan fingerprint density at radius 1 is 1.00 bits per heavy atom. The van der Waals surface area contributed by atoms with Crippen LogP contribution in [0.1, 0.15) is 17.2 Å². The summed E-state index contributed by atoms with van der Waals surface area (Å²) in [7, 11) is 0. The van der Waals surface area contributed by atoms with E-state index in [4.69, 9.17) is 0 Å². The summed E-state index contributed by atoms with van der Waals surface area (Å²) in [6, 6.07) is 17.2. The van der Waals surface area contributed by atoms with Gasteiger partial charge in [-0.15, -0.1) is 0 Å². The molecule has 1 heterocycles. The van der Waals surface area contributed by atoms with Crippen molar-refractivity contribution in [1.29, 1.82) is 0 Å². The lowest BCUT2D eigenvalue weighted by Crippen LogP contribution is -2.44. The highest BCUT2D eigenvalue weighted by Crippen LogP contribution is 2.32. The Morgan fingerprint density at radius 3 is 2.19 bits per heavy atom. The number of nitrogens with zero attached hydrogens (tertiary/aromatic N) is 1. The van der Waals surface area contributed by atoms with Gasteiger partial charge in [0.05, 0.1) is 0 Å². The van der Waals surface area contributed by atoms with E-state index < -0.39 is 17.6 Å². The molecule has 2 atom stereocenters. The van der Waals surface area contributed by atoms with Crippen LogP contribution >= 0.6 is 0 Å². The van der Waals surface area contributed by atoms with E-state index in [0.717, 1.165) is 0 Å². The summed E-state index contributed by atoms with van der Waals surface area (Å²) in [6.45, 7) is 0. The summed E-state index contributed by atoms with van der Waals surface area (Å²) in [6.07, 6.45) is -1.17. The minimum absolute atomic E-state index is 0.0232. The Balaban J connectivity index is 2.04. The van der Waals surface area contributed by atoms with E-state index >= 15 is 0 Å². The first-order chi connectivity index (χ1) is 10.1. The van der Waals surface area contributed by atoms with Crippen molar-refractivity contribution in [3.63, 3.8) is 0 Å². The molecule has 0 saturated carbocycles. The molecule has 106 valence electrons. The Morgan fingerprint density at radius 2 is 1.57 bits per heavy atom. The fourth-order valence-electron chi connectivity index (χ4n) is 2.40. The summed E-state index contributed by atoms with van der Waals surface area (Å²) in [4.78, 5) is 12.1. The minimum atomic E-state index is -1.96. The number of aliphatic hydroxyl groups excluding tert-OH is 1. The molecule has 0 radical (unpaired) electrons. The van der Waals surface area contributed by atoms with E-state index in [2.05, 4.69) is 10.5 Å². The number of hydrogen-bond donors (Lipinski definition) is 3. The number of hydrazone groups is 1. The number of carbonyl (C=O) groups excluding carboxylic acids is 1. The lowest BCUT2D eigenvalue weighted by atomic mass is 9.84. The van der Waals surface area contributed by atoms with E-state index in [0.29, 0.717) is 11.1 Å². The van der Waals surface area contributed by atoms with Gasteiger partial charge < -0.3 is 10.2 Å². The Labute approximate surface area is 121 Å². The van der Waals surface area contributed by atoms with Gasteiger partial charge in [0.15, 0.2) is 0 Å². The maximum atomic E-state index is 12.1. The largest absolute Gasteiger partial charge is 0.382 e. The second kappa shape index (κ2) is 5.12. The summed E-state index contributed by atoms with van der Waals surface area (Å²) in [5.74, 6) is -0.668. The lowest BCUT2D eigenvalue weighted by molar-refractivity contribution is -0.132. The van der Waals surface area contributed by atoms with Crippen molar-refractivity contribution in [2.24, 2.45) is 5.10 Å². The highest BCUT2D eigenvalue weighted by atomic mass is 16.3. The second-order valence-electron chi connectivity index (χ2n) is 4.83. The SMILES string of the molecule is O=C1NN=C([C@H](O)c2ccccc2)[C@]1(O)c1ccccc1. The zero-order valence-corrected chi connectivity index (χ0v) is 11.1. The molecule has 2 aromatic carbocycles. The fraction of sp³-hybridized carbons (Fsp3) is 0.125. The summed E-state index contributed by atoms with van der Waals surface area (Å²) in [5.41, 5.74) is 1.19. The number of carbonyl (C=O) groups is 1.